The summed E-state index contributed by atoms with van der Waals surface area (Å²) in [5.41, 5.74) is 3.71. The first-order valence-corrected chi connectivity index (χ1v) is 6.88. The molecule has 3 aromatic rings. The van der Waals surface area contributed by atoms with E-state index in [-0.39, 0.29) is 5.97 Å². The molecule has 0 saturated heterocycles. The van der Waals surface area contributed by atoms with Crippen LogP contribution in [0, 0.1) is 6.92 Å². The number of aryl methyl sites for hydroxylation is 1. The molecule has 104 valence electrons. The van der Waals surface area contributed by atoms with Gasteiger partial charge in [-0.3, -0.25) is 0 Å². The van der Waals surface area contributed by atoms with E-state index in [9.17, 15) is 4.79 Å². The number of benzene rings is 3. The third-order valence-electron chi connectivity index (χ3n) is 3.73. The Morgan fingerprint density at radius 1 is 0.857 bits per heavy atom. The molecule has 3 aromatic carbocycles. The van der Waals surface area contributed by atoms with Crippen molar-refractivity contribution in [3.8, 4) is 11.1 Å². The molecule has 0 fully saturated rings. The number of ether oxygens (including phenoxy) is 1. The number of esters is 1. The number of fused-ring (bicyclic) bond motifs is 1. The zero-order valence-electron chi connectivity index (χ0n) is 12.1. The minimum Gasteiger partial charge on any atom is -0.465 e. The monoisotopic (exact) mass is 276 g/mol. The third-order valence-corrected chi connectivity index (χ3v) is 3.73. The van der Waals surface area contributed by atoms with Gasteiger partial charge in [0.05, 0.1) is 12.7 Å². The molecule has 0 aliphatic heterocycles. The first kappa shape index (κ1) is 13.4. The average molecular weight is 276 g/mol. The minimum absolute atomic E-state index is 0.306. The molecule has 0 amide bonds. The summed E-state index contributed by atoms with van der Waals surface area (Å²) in [6, 6.07) is 20.1. The lowest BCUT2D eigenvalue weighted by molar-refractivity contribution is 0.0602. The molecule has 3 rings (SSSR count). The van der Waals surface area contributed by atoms with Gasteiger partial charge in [0.2, 0.25) is 0 Å². The van der Waals surface area contributed by atoms with Crippen LogP contribution in [0.15, 0.2) is 60.7 Å². The van der Waals surface area contributed by atoms with Crippen molar-refractivity contribution in [1.29, 1.82) is 0 Å². The zero-order chi connectivity index (χ0) is 14.8. The Morgan fingerprint density at radius 3 is 2.14 bits per heavy atom. The summed E-state index contributed by atoms with van der Waals surface area (Å²) in [7, 11) is 1.42. The molecule has 0 aromatic heterocycles. The van der Waals surface area contributed by atoms with Gasteiger partial charge in [-0.05, 0) is 46.5 Å². The number of carbonyl (C=O) groups excluding carboxylic acids is 1. The van der Waals surface area contributed by atoms with Crippen molar-refractivity contribution in [2.75, 3.05) is 7.11 Å². The van der Waals surface area contributed by atoms with Crippen molar-refractivity contribution in [2.45, 2.75) is 6.92 Å². The number of rotatable bonds is 2. The van der Waals surface area contributed by atoms with Crippen LogP contribution in [0.2, 0.25) is 0 Å². The highest BCUT2D eigenvalue weighted by atomic mass is 16.5. The van der Waals surface area contributed by atoms with Gasteiger partial charge in [0.1, 0.15) is 0 Å². The smallest absolute Gasteiger partial charge is 0.338 e. The summed E-state index contributed by atoms with van der Waals surface area (Å²) in [6.07, 6.45) is 0. The van der Waals surface area contributed by atoms with Gasteiger partial charge < -0.3 is 4.74 Å². The number of methoxy groups -OCH3 is 1. The first-order chi connectivity index (χ1) is 10.2. The first-order valence-electron chi connectivity index (χ1n) is 6.88. The van der Waals surface area contributed by atoms with Crippen LogP contribution in [-0.4, -0.2) is 13.1 Å². The maximum Gasteiger partial charge on any atom is 0.338 e. The summed E-state index contributed by atoms with van der Waals surface area (Å²) in [5, 5.41) is 2.15. The summed E-state index contributed by atoms with van der Waals surface area (Å²) in [5.74, 6) is -0.306. The molecule has 21 heavy (non-hydrogen) atoms. The molecule has 0 radical (unpaired) electrons. The molecule has 2 heteroatoms. The largest absolute Gasteiger partial charge is 0.465 e. The third kappa shape index (κ3) is 2.40. The molecule has 0 saturated carbocycles. The van der Waals surface area contributed by atoms with Gasteiger partial charge >= 0.3 is 5.97 Å². The van der Waals surface area contributed by atoms with Gasteiger partial charge in [0.15, 0.2) is 0 Å². The Balaban J connectivity index is 2.34. The Labute approximate surface area is 124 Å². The normalized spacial score (nSPS) is 10.6. The fraction of sp³-hybridized carbons (Fsp3) is 0.105. The van der Waals surface area contributed by atoms with Crippen LogP contribution in [0.1, 0.15) is 15.9 Å². The lowest BCUT2D eigenvalue weighted by Crippen LogP contribution is -2.04. The van der Waals surface area contributed by atoms with E-state index in [0.717, 1.165) is 27.5 Å². The SMILES string of the molecule is COC(=O)c1cc2ccccc2cc1-c1ccccc1C. The fourth-order valence-electron chi connectivity index (χ4n) is 2.62. The number of carbonyl (C=O) groups is 1. The second-order valence-corrected chi connectivity index (χ2v) is 5.05. The summed E-state index contributed by atoms with van der Waals surface area (Å²) in [4.78, 5) is 12.1. The van der Waals surface area contributed by atoms with E-state index in [1.165, 1.54) is 7.11 Å². The Bertz CT molecular complexity index is 819. The van der Waals surface area contributed by atoms with Crippen LogP contribution in [0.25, 0.3) is 21.9 Å². The van der Waals surface area contributed by atoms with Crippen LogP contribution in [0.4, 0.5) is 0 Å². The Hall–Kier alpha value is -2.61. The molecule has 2 nitrogen and oxygen atoms in total. The lowest BCUT2D eigenvalue weighted by atomic mass is 9.93. The van der Waals surface area contributed by atoms with E-state index in [2.05, 4.69) is 12.1 Å². The van der Waals surface area contributed by atoms with Gasteiger partial charge in [-0.15, -0.1) is 0 Å². The van der Waals surface area contributed by atoms with E-state index >= 15 is 0 Å². The van der Waals surface area contributed by atoms with Gasteiger partial charge in [0.25, 0.3) is 0 Å². The van der Waals surface area contributed by atoms with Crippen molar-refractivity contribution in [3.63, 3.8) is 0 Å². The summed E-state index contributed by atoms with van der Waals surface area (Å²) < 4.78 is 4.95. The average Bonchev–Trinajstić information content (AvgIpc) is 2.53. The molecular weight excluding hydrogens is 260 g/mol. The maximum absolute atomic E-state index is 12.1. The van der Waals surface area contributed by atoms with E-state index in [4.69, 9.17) is 4.74 Å². The van der Waals surface area contributed by atoms with Crippen molar-refractivity contribution in [3.05, 3.63) is 71.8 Å². The highest BCUT2D eigenvalue weighted by Crippen LogP contribution is 2.31. The van der Waals surface area contributed by atoms with Crippen molar-refractivity contribution < 1.29 is 9.53 Å². The van der Waals surface area contributed by atoms with Crippen molar-refractivity contribution >= 4 is 16.7 Å². The molecule has 0 N–H and O–H groups in total. The number of hydrogen-bond acceptors (Lipinski definition) is 2. The predicted octanol–water partition coefficient (Wildman–Crippen LogP) is 4.60. The highest BCUT2D eigenvalue weighted by Gasteiger charge is 2.15. The Morgan fingerprint density at radius 2 is 1.48 bits per heavy atom. The maximum atomic E-state index is 12.1. The molecule has 0 bridgehead atoms. The lowest BCUT2D eigenvalue weighted by Gasteiger charge is -2.12. The van der Waals surface area contributed by atoms with Gasteiger partial charge in [-0.2, -0.15) is 0 Å². The standard InChI is InChI=1S/C19H16O2/c1-13-7-3-6-10-16(13)17-11-14-8-4-5-9-15(14)12-18(17)19(20)21-2/h3-12H,1-2H3. The summed E-state index contributed by atoms with van der Waals surface area (Å²) >= 11 is 0. The second-order valence-electron chi connectivity index (χ2n) is 5.05. The summed E-state index contributed by atoms with van der Waals surface area (Å²) in [6.45, 7) is 2.05. The molecular formula is C19H16O2. The van der Waals surface area contributed by atoms with Gasteiger partial charge in [-0.1, -0.05) is 48.5 Å². The van der Waals surface area contributed by atoms with Gasteiger partial charge in [0, 0.05) is 0 Å². The molecule has 0 heterocycles. The molecule has 0 atom stereocenters. The van der Waals surface area contributed by atoms with Crippen LogP contribution < -0.4 is 0 Å². The highest BCUT2D eigenvalue weighted by molar-refractivity contribution is 6.03. The van der Waals surface area contributed by atoms with Crippen molar-refractivity contribution in [1.82, 2.24) is 0 Å². The van der Waals surface area contributed by atoms with Gasteiger partial charge in [-0.25, -0.2) is 4.79 Å². The van der Waals surface area contributed by atoms with E-state index in [1.807, 2.05) is 55.5 Å². The molecule has 0 aliphatic carbocycles. The Kier molecular flexibility index (Phi) is 3.44. The number of hydrogen-bond donors (Lipinski definition) is 0. The fourth-order valence-corrected chi connectivity index (χ4v) is 2.62. The predicted molar refractivity (Wildman–Crippen MR) is 85.5 cm³/mol. The topological polar surface area (TPSA) is 26.3 Å². The van der Waals surface area contributed by atoms with Crippen LogP contribution in [0.5, 0.6) is 0 Å². The minimum atomic E-state index is -0.306. The van der Waals surface area contributed by atoms with Crippen molar-refractivity contribution in [2.24, 2.45) is 0 Å². The molecule has 0 unspecified atom stereocenters. The zero-order valence-corrected chi connectivity index (χ0v) is 12.1. The second kappa shape index (κ2) is 5.41. The quantitative estimate of drug-likeness (QED) is 0.639. The van der Waals surface area contributed by atoms with E-state index < -0.39 is 0 Å². The van der Waals surface area contributed by atoms with E-state index in [0.29, 0.717) is 5.56 Å². The molecule has 0 spiro atoms. The van der Waals surface area contributed by atoms with Crippen LogP contribution in [-0.2, 0) is 4.74 Å². The molecule has 0 aliphatic rings. The van der Waals surface area contributed by atoms with Crippen LogP contribution in [0.3, 0.4) is 0 Å². The van der Waals surface area contributed by atoms with E-state index in [1.54, 1.807) is 0 Å². The van der Waals surface area contributed by atoms with Crippen LogP contribution >= 0.6 is 0 Å².